The second-order valence-electron chi connectivity index (χ2n) is 5.55. The molecule has 0 bridgehead atoms. The van der Waals surface area contributed by atoms with Crippen molar-refractivity contribution in [3.63, 3.8) is 0 Å². The molecule has 1 atom stereocenters. The zero-order chi connectivity index (χ0) is 16.7. The van der Waals surface area contributed by atoms with Crippen molar-refractivity contribution in [2.24, 2.45) is 5.73 Å². The highest BCUT2D eigenvalue weighted by Gasteiger charge is 2.14. The number of sulfone groups is 1. The van der Waals surface area contributed by atoms with E-state index in [1.54, 1.807) is 24.3 Å². The normalized spacial score (nSPS) is 12.8. The summed E-state index contributed by atoms with van der Waals surface area (Å²) in [5, 5.41) is 0. The first-order valence-electron chi connectivity index (χ1n) is 7.72. The van der Waals surface area contributed by atoms with E-state index in [1.165, 1.54) is 6.26 Å². The molecule has 5 heteroatoms. The second kappa shape index (κ2) is 8.13. The molecule has 0 aromatic heterocycles. The molecule has 0 heterocycles. The summed E-state index contributed by atoms with van der Waals surface area (Å²) >= 11 is 0. The molecule has 2 aromatic rings. The van der Waals surface area contributed by atoms with E-state index < -0.39 is 9.84 Å². The first-order chi connectivity index (χ1) is 11.0. The number of ether oxygens (including phenoxy) is 1. The zero-order valence-corrected chi connectivity index (χ0v) is 14.1. The van der Waals surface area contributed by atoms with Crippen LogP contribution in [0.4, 0.5) is 0 Å². The minimum Gasteiger partial charge on any atom is -0.486 e. The monoisotopic (exact) mass is 333 g/mol. The third-order valence-electron chi connectivity index (χ3n) is 3.62. The summed E-state index contributed by atoms with van der Waals surface area (Å²) in [5.41, 5.74) is 6.67. The maximum Gasteiger partial charge on any atom is 0.175 e. The molecule has 124 valence electrons. The van der Waals surface area contributed by atoms with E-state index in [2.05, 4.69) is 0 Å². The molecule has 4 nitrogen and oxygen atoms in total. The van der Waals surface area contributed by atoms with Crippen LogP contribution in [-0.2, 0) is 9.84 Å². The van der Waals surface area contributed by atoms with Gasteiger partial charge < -0.3 is 10.5 Å². The molecular weight excluding hydrogens is 310 g/mol. The van der Waals surface area contributed by atoms with E-state index >= 15 is 0 Å². The highest BCUT2D eigenvalue weighted by atomic mass is 32.2. The number of unbranched alkanes of at least 4 members (excludes halogenated alkanes) is 1. The Kier molecular flexibility index (Phi) is 6.19. The zero-order valence-electron chi connectivity index (χ0n) is 13.3. The predicted molar refractivity (Wildman–Crippen MR) is 92.3 cm³/mol. The maximum absolute atomic E-state index is 11.5. The lowest BCUT2D eigenvalue weighted by Gasteiger charge is -2.20. The molecule has 0 saturated heterocycles. The summed E-state index contributed by atoms with van der Waals surface area (Å²) in [6, 6.07) is 16.6. The molecule has 0 radical (unpaired) electrons. The predicted octanol–water partition coefficient (Wildman–Crippen LogP) is 3.34. The number of nitrogens with two attached hydrogens (primary N) is 1. The van der Waals surface area contributed by atoms with Crippen molar-refractivity contribution in [2.75, 3.05) is 12.8 Å². The quantitative estimate of drug-likeness (QED) is 0.752. The lowest BCUT2D eigenvalue weighted by atomic mass is 10.0. The van der Waals surface area contributed by atoms with Crippen molar-refractivity contribution >= 4 is 9.84 Å². The number of rotatable bonds is 8. The van der Waals surface area contributed by atoms with Gasteiger partial charge in [0.1, 0.15) is 11.9 Å². The Labute approximate surface area is 138 Å². The Hall–Kier alpha value is -1.85. The highest BCUT2D eigenvalue weighted by Crippen LogP contribution is 2.27. The molecule has 0 aliphatic heterocycles. The Morgan fingerprint density at radius 2 is 1.65 bits per heavy atom. The van der Waals surface area contributed by atoms with Crippen molar-refractivity contribution in [3.8, 4) is 5.75 Å². The Bertz CT molecular complexity index is 697. The Morgan fingerprint density at radius 1 is 1.00 bits per heavy atom. The van der Waals surface area contributed by atoms with Gasteiger partial charge in [0.2, 0.25) is 0 Å². The van der Waals surface area contributed by atoms with Gasteiger partial charge in [-0.25, -0.2) is 8.42 Å². The lowest BCUT2D eigenvalue weighted by Crippen LogP contribution is -2.09. The molecule has 23 heavy (non-hydrogen) atoms. The second-order valence-corrected chi connectivity index (χ2v) is 7.56. The topological polar surface area (TPSA) is 69.4 Å². The molecule has 0 aliphatic rings. The van der Waals surface area contributed by atoms with Gasteiger partial charge in [-0.3, -0.25) is 0 Å². The third kappa shape index (κ3) is 5.37. The summed E-state index contributed by atoms with van der Waals surface area (Å²) in [6.45, 7) is 0.671. The molecule has 0 aliphatic carbocycles. The Balaban J connectivity index is 2.13. The van der Waals surface area contributed by atoms with E-state index in [1.807, 2.05) is 30.3 Å². The third-order valence-corrected chi connectivity index (χ3v) is 4.75. The molecular formula is C18H23NO3S. The first-order valence-corrected chi connectivity index (χ1v) is 9.61. The van der Waals surface area contributed by atoms with Crippen LogP contribution >= 0.6 is 0 Å². The summed E-state index contributed by atoms with van der Waals surface area (Å²) in [6.07, 6.45) is 3.95. The van der Waals surface area contributed by atoms with Crippen LogP contribution in [0.3, 0.4) is 0 Å². The largest absolute Gasteiger partial charge is 0.486 e. The van der Waals surface area contributed by atoms with E-state index in [0.29, 0.717) is 17.2 Å². The van der Waals surface area contributed by atoms with Crippen molar-refractivity contribution in [3.05, 3.63) is 60.2 Å². The standard InChI is InChI=1S/C18H23NO3S/c1-23(20,21)17-12-10-16(11-13-17)22-18(9-5-6-14-19)15-7-3-2-4-8-15/h2-4,7-8,10-13,18H,5-6,9,14,19H2,1H3. The van der Waals surface area contributed by atoms with E-state index in [-0.39, 0.29) is 6.10 Å². The summed E-state index contributed by atoms with van der Waals surface area (Å²) in [4.78, 5) is 0.296. The summed E-state index contributed by atoms with van der Waals surface area (Å²) in [7, 11) is -3.19. The number of hydrogen-bond donors (Lipinski definition) is 1. The van der Waals surface area contributed by atoms with Crippen molar-refractivity contribution in [1.29, 1.82) is 0 Å². The van der Waals surface area contributed by atoms with Gasteiger partial charge in [0.05, 0.1) is 4.90 Å². The average molecular weight is 333 g/mol. The van der Waals surface area contributed by atoms with Crippen LogP contribution in [0.2, 0.25) is 0 Å². The molecule has 2 aromatic carbocycles. The minimum atomic E-state index is -3.19. The van der Waals surface area contributed by atoms with Gasteiger partial charge in [0, 0.05) is 6.26 Å². The molecule has 2 N–H and O–H groups in total. The van der Waals surface area contributed by atoms with Crippen molar-refractivity contribution < 1.29 is 13.2 Å². The van der Waals surface area contributed by atoms with Gasteiger partial charge in [-0.15, -0.1) is 0 Å². The smallest absolute Gasteiger partial charge is 0.175 e. The van der Waals surface area contributed by atoms with Crippen LogP contribution in [-0.4, -0.2) is 21.2 Å². The fourth-order valence-corrected chi connectivity index (χ4v) is 3.00. The van der Waals surface area contributed by atoms with Crippen molar-refractivity contribution in [1.82, 2.24) is 0 Å². The number of benzene rings is 2. The van der Waals surface area contributed by atoms with Crippen LogP contribution in [0.25, 0.3) is 0 Å². The van der Waals surface area contributed by atoms with Gasteiger partial charge >= 0.3 is 0 Å². The molecule has 0 amide bonds. The van der Waals surface area contributed by atoms with Crippen LogP contribution in [0, 0.1) is 0 Å². The number of hydrogen-bond acceptors (Lipinski definition) is 4. The summed E-state index contributed by atoms with van der Waals surface area (Å²) < 4.78 is 29.1. The van der Waals surface area contributed by atoms with E-state index in [4.69, 9.17) is 10.5 Å². The fourth-order valence-electron chi connectivity index (χ4n) is 2.37. The minimum absolute atomic E-state index is 0.0631. The molecule has 0 spiro atoms. The average Bonchev–Trinajstić information content (AvgIpc) is 2.54. The SMILES string of the molecule is CS(=O)(=O)c1ccc(OC(CCCCN)c2ccccc2)cc1. The van der Waals surface area contributed by atoms with E-state index in [9.17, 15) is 8.42 Å². The summed E-state index contributed by atoms with van der Waals surface area (Å²) in [5.74, 6) is 0.666. The van der Waals surface area contributed by atoms with Crippen molar-refractivity contribution in [2.45, 2.75) is 30.3 Å². The Morgan fingerprint density at radius 3 is 2.22 bits per heavy atom. The van der Waals surface area contributed by atoms with E-state index in [0.717, 1.165) is 24.8 Å². The molecule has 0 fully saturated rings. The van der Waals surface area contributed by atoms with Gasteiger partial charge in [-0.05, 0) is 55.6 Å². The van der Waals surface area contributed by atoms with Gasteiger partial charge in [0.25, 0.3) is 0 Å². The lowest BCUT2D eigenvalue weighted by molar-refractivity contribution is 0.191. The van der Waals surface area contributed by atoms with Crippen LogP contribution in [0.15, 0.2) is 59.5 Å². The molecule has 0 saturated carbocycles. The maximum atomic E-state index is 11.5. The van der Waals surface area contributed by atoms with Crippen LogP contribution in [0.1, 0.15) is 30.9 Å². The van der Waals surface area contributed by atoms with Gasteiger partial charge in [-0.2, -0.15) is 0 Å². The van der Waals surface area contributed by atoms with Crippen LogP contribution in [0.5, 0.6) is 5.75 Å². The highest BCUT2D eigenvalue weighted by molar-refractivity contribution is 7.90. The molecule has 1 unspecified atom stereocenters. The molecule has 2 rings (SSSR count). The van der Waals surface area contributed by atoms with Gasteiger partial charge in [-0.1, -0.05) is 30.3 Å². The van der Waals surface area contributed by atoms with Crippen LogP contribution < -0.4 is 10.5 Å². The van der Waals surface area contributed by atoms with Gasteiger partial charge in [0.15, 0.2) is 9.84 Å². The first kappa shape index (κ1) is 17.5. The fraction of sp³-hybridized carbons (Fsp3) is 0.333.